The lowest BCUT2D eigenvalue weighted by Gasteiger charge is -2.07. The van der Waals surface area contributed by atoms with E-state index in [1.165, 1.54) is 0 Å². The zero-order chi connectivity index (χ0) is 15.6. The zero-order valence-electron chi connectivity index (χ0n) is 12.1. The van der Waals surface area contributed by atoms with Crippen LogP contribution in [0.4, 0.5) is 0 Å². The molecule has 0 aliphatic rings. The summed E-state index contributed by atoms with van der Waals surface area (Å²) in [4.78, 5) is 0.264. The Hall–Kier alpha value is -2.18. The lowest BCUT2D eigenvalue weighted by Crippen LogP contribution is -2.25. The lowest BCUT2D eigenvalue weighted by molar-refractivity contribution is 0.379. The van der Waals surface area contributed by atoms with Gasteiger partial charge in [0.2, 0.25) is 10.0 Å². The number of sulfonamides is 1. The maximum Gasteiger partial charge on any atom is 0.240 e. The van der Waals surface area contributed by atoms with E-state index in [-0.39, 0.29) is 11.4 Å². The number of aryl methyl sites for hydroxylation is 1. The molecule has 0 radical (unpaired) electrons. The van der Waals surface area contributed by atoms with Gasteiger partial charge in [0.15, 0.2) is 0 Å². The van der Waals surface area contributed by atoms with Gasteiger partial charge in [0.1, 0.15) is 5.76 Å². The molecule has 2 aromatic carbocycles. The highest BCUT2D eigenvalue weighted by Gasteiger charge is 2.14. The highest BCUT2D eigenvalue weighted by atomic mass is 32.2. The van der Waals surface area contributed by atoms with E-state index in [0.29, 0.717) is 12.2 Å². The van der Waals surface area contributed by atoms with Crippen LogP contribution in [0.2, 0.25) is 0 Å². The number of nitrogens with zero attached hydrogens (tertiary/aromatic N) is 1. The minimum absolute atomic E-state index is 0.264. The molecule has 0 fully saturated rings. The number of fused-ring (bicyclic) bond motifs is 1. The van der Waals surface area contributed by atoms with Crippen molar-refractivity contribution >= 4 is 20.8 Å². The van der Waals surface area contributed by atoms with Crippen molar-refractivity contribution in [1.82, 2.24) is 9.88 Å². The summed E-state index contributed by atoms with van der Waals surface area (Å²) in [5.74, 6) is 0.665. The maximum atomic E-state index is 12.3. The van der Waals surface area contributed by atoms with Gasteiger partial charge in [-0.1, -0.05) is 35.5 Å². The molecule has 0 amide bonds. The van der Waals surface area contributed by atoms with Crippen molar-refractivity contribution in [1.29, 1.82) is 0 Å². The van der Waals surface area contributed by atoms with Gasteiger partial charge in [0.25, 0.3) is 0 Å². The molecule has 0 aliphatic carbocycles. The molecule has 0 saturated carbocycles. The third-order valence-electron chi connectivity index (χ3n) is 3.37. The Kier molecular flexibility index (Phi) is 3.96. The second-order valence-electron chi connectivity index (χ2n) is 5.09. The molecule has 114 valence electrons. The van der Waals surface area contributed by atoms with E-state index in [0.717, 1.165) is 16.5 Å². The van der Waals surface area contributed by atoms with Crippen molar-refractivity contribution in [3.63, 3.8) is 0 Å². The molecule has 22 heavy (non-hydrogen) atoms. The number of benzene rings is 2. The normalized spacial score (nSPS) is 11.9. The summed E-state index contributed by atoms with van der Waals surface area (Å²) in [5.41, 5.74) is 0.785. The topological polar surface area (TPSA) is 72.2 Å². The molecule has 3 aromatic rings. The first kappa shape index (κ1) is 14.7. The average Bonchev–Trinajstić information content (AvgIpc) is 2.92. The molecular formula is C16H16N2O3S. The largest absolute Gasteiger partial charge is 0.361 e. The fourth-order valence-corrected chi connectivity index (χ4v) is 3.33. The van der Waals surface area contributed by atoms with E-state index in [1.807, 2.05) is 37.3 Å². The molecule has 0 unspecified atom stereocenters. The summed E-state index contributed by atoms with van der Waals surface area (Å²) < 4.78 is 32.3. The molecule has 6 heteroatoms. The van der Waals surface area contributed by atoms with Gasteiger partial charge < -0.3 is 4.52 Å². The average molecular weight is 316 g/mol. The van der Waals surface area contributed by atoms with Crippen LogP contribution in [0.5, 0.6) is 0 Å². The highest BCUT2D eigenvalue weighted by molar-refractivity contribution is 7.89. The van der Waals surface area contributed by atoms with Crippen LogP contribution < -0.4 is 4.72 Å². The monoisotopic (exact) mass is 316 g/mol. The van der Waals surface area contributed by atoms with Crippen molar-refractivity contribution in [2.45, 2.75) is 18.2 Å². The second-order valence-corrected chi connectivity index (χ2v) is 6.86. The van der Waals surface area contributed by atoms with Crippen LogP contribution >= 0.6 is 0 Å². The van der Waals surface area contributed by atoms with Crippen LogP contribution in [0.1, 0.15) is 11.5 Å². The van der Waals surface area contributed by atoms with Crippen LogP contribution in [0.15, 0.2) is 57.9 Å². The smallest absolute Gasteiger partial charge is 0.240 e. The Morgan fingerprint density at radius 3 is 2.59 bits per heavy atom. The van der Waals surface area contributed by atoms with Gasteiger partial charge in [-0.15, -0.1) is 0 Å². The van der Waals surface area contributed by atoms with E-state index >= 15 is 0 Å². The van der Waals surface area contributed by atoms with E-state index < -0.39 is 10.0 Å². The van der Waals surface area contributed by atoms with Gasteiger partial charge in [-0.2, -0.15) is 0 Å². The minimum Gasteiger partial charge on any atom is -0.361 e. The minimum atomic E-state index is -3.53. The summed E-state index contributed by atoms with van der Waals surface area (Å²) >= 11 is 0. The highest BCUT2D eigenvalue weighted by Crippen LogP contribution is 2.18. The summed E-state index contributed by atoms with van der Waals surface area (Å²) in [5, 5.41) is 5.68. The van der Waals surface area contributed by atoms with Crippen LogP contribution in [0.3, 0.4) is 0 Å². The molecule has 0 spiro atoms. The Balaban J connectivity index is 1.73. The number of rotatable bonds is 5. The van der Waals surface area contributed by atoms with Gasteiger partial charge in [-0.05, 0) is 29.8 Å². The first-order valence-corrected chi connectivity index (χ1v) is 8.43. The van der Waals surface area contributed by atoms with Crippen molar-refractivity contribution in [2.24, 2.45) is 0 Å². The molecule has 0 aliphatic heterocycles. The van der Waals surface area contributed by atoms with Gasteiger partial charge in [0, 0.05) is 19.0 Å². The van der Waals surface area contributed by atoms with E-state index in [4.69, 9.17) is 4.52 Å². The Morgan fingerprint density at radius 2 is 1.86 bits per heavy atom. The van der Waals surface area contributed by atoms with Crippen LogP contribution in [0.25, 0.3) is 10.8 Å². The molecule has 0 atom stereocenters. The van der Waals surface area contributed by atoms with E-state index in [9.17, 15) is 8.42 Å². The summed E-state index contributed by atoms with van der Waals surface area (Å²) in [7, 11) is -3.53. The number of hydrogen-bond acceptors (Lipinski definition) is 4. The van der Waals surface area contributed by atoms with E-state index in [2.05, 4.69) is 9.88 Å². The molecule has 0 saturated heterocycles. The van der Waals surface area contributed by atoms with Gasteiger partial charge in [-0.3, -0.25) is 0 Å². The number of hydrogen-bond donors (Lipinski definition) is 1. The van der Waals surface area contributed by atoms with Gasteiger partial charge in [0.05, 0.1) is 10.6 Å². The van der Waals surface area contributed by atoms with Crippen LogP contribution in [-0.2, 0) is 16.4 Å². The fourth-order valence-electron chi connectivity index (χ4n) is 2.26. The molecule has 1 heterocycles. The summed E-state index contributed by atoms with van der Waals surface area (Å²) in [6, 6.07) is 14.6. The third kappa shape index (κ3) is 3.18. The van der Waals surface area contributed by atoms with E-state index in [1.54, 1.807) is 18.2 Å². The van der Waals surface area contributed by atoms with Crippen molar-refractivity contribution in [3.05, 3.63) is 60.0 Å². The predicted molar refractivity (Wildman–Crippen MR) is 84.1 cm³/mol. The molecule has 1 N–H and O–H groups in total. The molecule has 1 aromatic heterocycles. The summed E-state index contributed by atoms with van der Waals surface area (Å²) in [6.07, 6.45) is 0.466. The fraction of sp³-hybridized carbons (Fsp3) is 0.188. The second kappa shape index (κ2) is 5.90. The lowest BCUT2D eigenvalue weighted by atomic mass is 10.1. The quantitative estimate of drug-likeness (QED) is 0.785. The van der Waals surface area contributed by atoms with Crippen molar-refractivity contribution in [2.75, 3.05) is 6.54 Å². The zero-order valence-corrected chi connectivity index (χ0v) is 12.9. The number of nitrogens with one attached hydrogen (secondary N) is 1. The third-order valence-corrected chi connectivity index (χ3v) is 4.83. The Labute approximate surface area is 129 Å². The first-order chi connectivity index (χ1) is 10.5. The van der Waals surface area contributed by atoms with Gasteiger partial charge >= 0.3 is 0 Å². The molecule has 0 bridgehead atoms. The summed E-state index contributed by atoms with van der Waals surface area (Å²) in [6.45, 7) is 2.09. The van der Waals surface area contributed by atoms with Crippen LogP contribution in [0, 0.1) is 6.92 Å². The van der Waals surface area contributed by atoms with Crippen molar-refractivity contribution in [3.8, 4) is 0 Å². The first-order valence-electron chi connectivity index (χ1n) is 6.95. The SMILES string of the molecule is Cc1cc(CCNS(=O)(=O)c2ccc3ccccc3c2)on1. The molecule has 3 rings (SSSR count). The molecular weight excluding hydrogens is 300 g/mol. The Morgan fingerprint density at radius 1 is 1.09 bits per heavy atom. The van der Waals surface area contributed by atoms with Gasteiger partial charge in [-0.25, -0.2) is 13.1 Å². The standard InChI is InChI=1S/C16H16N2O3S/c1-12-10-15(21-18-12)8-9-17-22(19,20)16-7-6-13-4-2-3-5-14(13)11-16/h2-7,10-11,17H,8-9H2,1H3. The predicted octanol–water partition coefficient (Wildman–Crippen LogP) is 2.66. The Bertz CT molecular complexity index is 900. The van der Waals surface area contributed by atoms with Crippen LogP contribution in [-0.4, -0.2) is 20.1 Å². The van der Waals surface area contributed by atoms with Crippen molar-refractivity contribution < 1.29 is 12.9 Å². The number of aromatic nitrogens is 1. The maximum absolute atomic E-state index is 12.3. The molecule has 5 nitrogen and oxygen atoms in total.